The Balaban J connectivity index is 1.86. The molecule has 198 valence electrons. The highest BCUT2D eigenvalue weighted by Gasteiger charge is 2.48. The smallest absolute Gasteiger partial charge is 0.350 e. The van der Waals surface area contributed by atoms with Crippen LogP contribution >= 0.6 is 11.3 Å². The summed E-state index contributed by atoms with van der Waals surface area (Å²) in [6.07, 6.45) is 1.91. The molecule has 38 heavy (non-hydrogen) atoms. The Hall–Kier alpha value is -4.18. The van der Waals surface area contributed by atoms with Crippen LogP contribution in [0, 0.1) is 6.92 Å². The summed E-state index contributed by atoms with van der Waals surface area (Å²) in [6.45, 7) is 4.26. The Kier molecular flexibility index (Phi) is 8.11. The van der Waals surface area contributed by atoms with Crippen LogP contribution in [-0.4, -0.2) is 48.6 Å². The molecule has 1 N–H and O–H groups in total. The number of Topliss-reactive ketones (excluding diaryl/α,β-unsaturated/α-hetero) is 1. The number of nitrogens with zero attached hydrogens (tertiary/aromatic N) is 2. The van der Waals surface area contributed by atoms with Crippen molar-refractivity contribution in [3.8, 4) is 11.5 Å². The Morgan fingerprint density at radius 3 is 2.50 bits per heavy atom. The number of ether oxygens (including phenoxy) is 3. The van der Waals surface area contributed by atoms with Gasteiger partial charge in [-0.2, -0.15) is 0 Å². The first-order valence-corrected chi connectivity index (χ1v) is 12.9. The maximum atomic E-state index is 13.4. The minimum Gasteiger partial charge on any atom is -0.507 e. The molecule has 4 rings (SSSR count). The van der Waals surface area contributed by atoms with Crippen molar-refractivity contribution < 1.29 is 33.7 Å². The van der Waals surface area contributed by atoms with Gasteiger partial charge in [0.05, 0.1) is 38.1 Å². The van der Waals surface area contributed by atoms with Crippen LogP contribution in [0.3, 0.4) is 0 Å². The zero-order valence-electron chi connectivity index (χ0n) is 21.5. The molecule has 1 atom stereocenters. The summed E-state index contributed by atoms with van der Waals surface area (Å²) in [5.74, 6) is -1.56. The van der Waals surface area contributed by atoms with Crippen molar-refractivity contribution in [1.29, 1.82) is 0 Å². The zero-order valence-corrected chi connectivity index (χ0v) is 22.3. The van der Waals surface area contributed by atoms with E-state index >= 15 is 0 Å². The number of methoxy groups -OCH3 is 2. The Labute approximate surface area is 224 Å². The summed E-state index contributed by atoms with van der Waals surface area (Å²) in [5, 5.41) is 11.5. The van der Waals surface area contributed by atoms with Crippen LogP contribution in [0.2, 0.25) is 0 Å². The van der Waals surface area contributed by atoms with E-state index < -0.39 is 23.7 Å². The molecule has 0 spiro atoms. The van der Waals surface area contributed by atoms with Gasteiger partial charge in [-0.25, -0.2) is 9.78 Å². The molecule has 1 amide bonds. The number of ketones is 1. The Morgan fingerprint density at radius 1 is 1.11 bits per heavy atom. The molecule has 0 saturated carbocycles. The first-order valence-electron chi connectivity index (χ1n) is 12.0. The SMILES string of the molecule is CCCCOc1ccc(C2/C(=C(\O)c3cccc(OC)c3)C(=O)C(=O)N2c2nc(C)c(C(=O)OC)s2)cc1. The zero-order chi connectivity index (χ0) is 27.4. The van der Waals surface area contributed by atoms with Crippen LogP contribution in [0.4, 0.5) is 5.13 Å². The highest BCUT2D eigenvalue weighted by Crippen LogP contribution is 2.44. The van der Waals surface area contributed by atoms with Gasteiger partial charge in [-0.05, 0) is 43.2 Å². The third kappa shape index (κ3) is 5.12. The number of aliphatic hydroxyl groups excluding tert-OH is 1. The third-order valence-electron chi connectivity index (χ3n) is 6.11. The number of hydrogen-bond donors (Lipinski definition) is 1. The largest absolute Gasteiger partial charge is 0.507 e. The van der Waals surface area contributed by atoms with Gasteiger partial charge in [-0.3, -0.25) is 14.5 Å². The predicted molar refractivity (Wildman–Crippen MR) is 143 cm³/mol. The molecule has 1 unspecified atom stereocenters. The van der Waals surface area contributed by atoms with Crippen molar-refractivity contribution in [2.24, 2.45) is 0 Å². The van der Waals surface area contributed by atoms with Crippen LogP contribution in [0.1, 0.15) is 52.3 Å². The predicted octanol–water partition coefficient (Wildman–Crippen LogP) is 5.05. The fourth-order valence-corrected chi connectivity index (χ4v) is 5.13. The van der Waals surface area contributed by atoms with Crippen molar-refractivity contribution in [3.05, 3.63) is 75.8 Å². The normalized spacial score (nSPS) is 16.5. The van der Waals surface area contributed by atoms with E-state index in [0.717, 1.165) is 24.2 Å². The molecule has 0 radical (unpaired) electrons. The van der Waals surface area contributed by atoms with Gasteiger partial charge in [-0.15, -0.1) is 0 Å². The van der Waals surface area contributed by atoms with Gasteiger partial charge in [0.15, 0.2) is 5.13 Å². The number of thiazole rings is 1. The summed E-state index contributed by atoms with van der Waals surface area (Å²) in [5.41, 5.74) is 1.14. The molecule has 1 aromatic heterocycles. The van der Waals surface area contributed by atoms with E-state index in [2.05, 4.69) is 11.9 Å². The molecular weight excluding hydrogens is 508 g/mol. The molecule has 10 heteroatoms. The number of aliphatic hydroxyl groups is 1. The number of benzene rings is 2. The Morgan fingerprint density at radius 2 is 1.84 bits per heavy atom. The lowest BCUT2D eigenvalue weighted by Gasteiger charge is -2.23. The van der Waals surface area contributed by atoms with Gasteiger partial charge in [0, 0.05) is 5.56 Å². The number of rotatable bonds is 9. The average Bonchev–Trinajstić information content (AvgIpc) is 3.44. The summed E-state index contributed by atoms with van der Waals surface area (Å²) in [7, 11) is 2.75. The van der Waals surface area contributed by atoms with Gasteiger partial charge >= 0.3 is 11.9 Å². The standard InChI is InChI=1S/C28H28N2O7S/c1-5-6-14-37-19-12-10-17(11-13-19)22-21(23(31)18-8-7-9-20(15-18)35-3)24(32)26(33)30(22)28-29-16(2)25(38-28)27(34)36-4/h7-13,15,22,31H,5-6,14H2,1-4H3/b23-21+. The summed E-state index contributed by atoms with van der Waals surface area (Å²) in [6, 6.07) is 12.6. The van der Waals surface area contributed by atoms with Gasteiger partial charge in [0.1, 0.15) is 22.1 Å². The molecule has 0 aliphatic carbocycles. The molecule has 1 fully saturated rings. The number of carbonyl (C=O) groups excluding carboxylic acids is 3. The fraction of sp³-hybridized carbons (Fsp3) is 0.286. The monoisotopic (exact) mass is 536 g/mol. The van der Waals surface area contributed by atoms with E-state index in [9.17, 15) is 19.5 Å². The van der Waals surface area contributed by atoms with E-state index in [1.165, 1.54) is 19.1 Å². The third-order valence-corrected chi connectivity index (χ3v) is 7.25. The molecule has 1 aliphatic heterocycles. The topological polar surface area (TPSA) is 115 Å². The minimum absolute atomic E-state index is 0.102. The lowest BCUT2D eigenvalue weighted by Crippen LogP contribution is -2.29. The van der Waals surface area contributed by atoms with Gasteiger partial charge in [0.25, 0.3) is 5.78 Å². The summed E-state index contributed by atoms with van der Waals surface area (Å²) in [4.78, 5) is 44.8. The first kappa shape index (κ1) is 26.9. The van der Waals surface area contributed by atoms with Crippen molar-refractivity contribution in [3.63, 3.8) is 0 Å². The van der Waals surface area contributed by atoms with Crippen molar-refractivity contribution in [2.45, 2.75) is 32.7 Å². The maximum Gasteiger partial charge on any atom is 0.350 e. The van der Waals surface area contributed by atoms with Crippen molar-refractivity contribution >= 4 is 39.9 Å². The highest BCUT2D eigenvalue weighted by molar-refractivity contribution is 7.17. The lowest BCUT2D eigenvalue weighted by molar-refractivity contribution is -0.132. The molecule has 0 bridgehead atoms. The molecule has 9 nitrogen and oxygen atoms in total. The number of anilines is 1. The fourth-order valence-electron chi connectivity index (χ4n) is 4.12. The number of aromatic nitrogens is 1. The molecule has 3 aromatic rings. The number of unbranched alkanes of at least 4 members (excludes halogenated alkanes) is 1. The van der Waals surface area contributed by atoms with Crippen molar-refractivity contribution in [2.75, 3.05) is 25.7 Å². The van der Waals surface area contributed by atoms with Gasteiger partial charge in [-0.1, -0.05) is 48.9 Å². The van der Waals surface area contributed by atoms with Crippen LogP contribution < -0.4 is 14.4 Å². The second-order valence-electron chi connectivity index (χ2n) is 8.57. The van der Waals surface area contributed by atoms with E-state index in [1.807, 2.05) is 0 Å². The van der Waals surface area contributed by atoms with E-state index in [4.69, 9.17) is 14.2 Å². The van der Waals surface area contributed by atoms with Crippen LogP contribution in [0.15, 0.2) is 54.1 Å². The molecule has 2 aromatic carbocycles. The maximum absolute atomic E-state index is 13.4. The second kappa shape index (κ2) is 11.5. The van der Waals surface area contributed by atoms with Crippen LogP contribution in [-0.2, 0) is 14.3 Å². The number of carbonyl (C=O) groups is 3. The molecule has 1 aliphatic rings. The Bertz CT molecular complexity index is 1390. The van der Waals surface area contributed by atoms with Crippen LogP contribution in [0.5, 0.6) is 11.5 Å². The molecule has 2 heterocycles. The van der Waals surface area contributed by atoms with Gasteiger partial charge in [0.2, 0.25) is 0 Å². The number of aryl methyl sites for hydroxylation is 1. The first-order chi connectivity index (χ1) is 18.3. The van der Waals surface area contributed by atoms with E-state index in [-0.39, 0.29) is 21.3 Å². The van der Waals surface area contributed by atoms with E-state index in [0.29, 0.717) is 34.9 Å². The molecule has 1 saturated heterocycles. The van der Waals surface area contributed by atoms with Crippen molar-refractivity contribution in [1.82, 2.24) is 4.98 Å². The van der Waals surface area contributed by atoms with Crippen LogP contribution in [0.25, 0.3) is 5.76 Å². The van der Waals surface area contributed by atoms with E-state index in [1.54, 1.807) is 55.5 Å². The quantitative estimate of drug-likeness (QED) is 0.133. The molecular formula is C28H28N2O7S. The number of hydrogen-bond acceptors (Lipinski definition) is 9. The summed E-state index contributed by atoms with van der Waals surface area (Å²) < 4.78 is 15.8. The minimum atomic E-state index is -0.998. The summed E-state index contributed by atoms with van der Waals surface area (Å²) >= 11 is 0.944. The number of esters is 1. The number of amides is 1. The second-order valence-corrected chi connectivity index (χ2v) is 9.55. The highest BCUT2D eigenvalue weighted by atomic mass is 32.1. The van der Waals surface area contributed by atoms with Gasteiger partial charge < -0.3 is 19.3 Å². The average molecular weight is 537 g/mol. The lowest BCUT2D eigenvalue weighted by atomic mass is 9.95.